The highest BCUT2D eigenvalue weighted by Crippen LogP contribution is 2.29. The molecule has 2 nitrogen and oxygen atoms in total. The van der Waals surface area contributed by atoms with Crippen LogP contribution >= 0.6 is 0 Å². The molecule has 0 aliphatic carbocycles. The van der Waals surface area contributed by atoms with E-state index in [9.17, 15) is 13.2 Å². The smallest absolute Gasteiger partial charge is 0.395 e. The first-order chi connectivity index (χ1) is 7.84. The minimum atomic E-state index is -4.30. The van der Waals surface area contributed by atoms with Gasteiger partial charge in [0, 0.05) is 12.1 Å². The predicted octanol–water partition coefficient (Wildman–Crippen LogP) is 2.74. The summed E-state index contributed by atoms with van der Waals surface area (Å²) >= 11 is 0. The van der Waals surface area contributed by atoms with Crippen molar-refractivity contribution in [2.45, 2.75) is 32.1 Å². The molecule has 0 heterocycles. The Morgan fingerprint density at radius 1 is 1.18 bits per heavy atom. The summed E-state index contributed by atoms with van der Waals surface area (Å²) in [6.45, 7) is 3.64. The quantitative estimate of drug-likeness (QED) is 0.857. The molecule has 0 amide bonds. The minimum Gasteiger partial charge on any atom is -0.395 e. The lowest BCUT2D eigenvalue weighted by Gasteiger charge is -2.19. The molecule has 1 rings (SSSR count). The Morgan fingerprint density at radius 2 is 1.71 bits per heavy atom. The predicted molar refractivity (Wildman–Crippen MR) is 59.5 cm³/mol. The zero-order valence-corrected chi connectivity index (χ0v) is 9.75. The first kappa shape index (κ1) is 14.0. The highest BCUT2D eigenvalue weighted by atomic mass is 19.4. The van der Waals surface area contributed by atoms with E-state index in [1.165, 1.54) is 12.1 Å². The van der Waals surface area contributed by atoms with Gasteiger partial charge in [-0.25, -0.2) is 0 Å². The van der Waals surface area contributed by atoms with E-state index in [0.29, 0.717) is 0 Å². The van der Waals surface area contributed by atoms with Crippen LogP contribution in [0, 0.1) is 0 Å². The maximum absolute atomic E-state index is 12.3. The van der Waals surface area contributed by atoms with Crippen molar-refractivity contribution in [3.63, 3.8) is 0 Å². The van der Waals surface area contributed by atoms with Crippen molar-refractivity contribution in [2.75, 3.05) is 6.61 Å². The van der Waals surface area contributed by atoms with Crippen LogP contribution in [0.2, 0.25) is 0 Å². The molecule has 2 atom stereocenters. The summed E-state index contributed by atoms with van der Waals surface area (Å²) in [5, 5.41) is 11.9. The van der Waals surface area contributed by atoms with E-state index in [0.717, 1.165) is 17.7 Å². The molecule has 0 aliphatic heterocycles. The van der Waals surface area contributed by atoms with Crippen molar-refractivity contribution < 1.29 is 18.3 Å². The molecule has 2 N–H and O–H groups in total. The largest absolute Gasteiger partial charge is 0.416 e. The van der Waals surface area contributed by atoms with Gasteiger partial charge in [0.2, 0.25) is 0 Å². The summed E-state index contributed by atoms with van der Waals surface area (Å²) in [4.78, 5) is 0. The highest BCUT2D eigenvalue weighted by molar-refractivity contribution is 5.26. The van der Waals surface area contributed by atoms with E-state index in [2.05, 4.69) is 5.32 Å². The summed E-state index contributed by atoms with van der Waals surface area (Å²) in [6.07, 6.45) is -4.30. The lowest BCUT2D eigenvalue weighted by Crippen LogP contribution is -2.31. The molecular formula is C12H16F3NO. The number of rotatable bonds is 4. The van der Waals surface area contributed by atoms with Crippen molar-refractivity contribution in [3.8, 4) is 0 Å². The average Bonchev–Trinajstić information content (AvgIpc) is 2.27. The van der Waals surface area contributed by atoms with E-state index in [1.54, 1.807) is 6.92 Å². The fourth-order valence-corrected chi connectivity index (χ4v) is 1.54. The number of benzene rings is 1. The molecule has 0 bridgehead atoms. The summed E-state index contributed by atoms with van der Waals surface area (Å²) < 4.78 is 37.0. The van der Waals surface area contributed by atoms with Gasteiger partial charge in [0.15, 0.2) is 0 Å². The molecule has 96 valence electrons. The number of alkyl halides is 3. The minimum absolute atomic E-state index is 0.00895. The normalized spacial score (nSPS) is 15.6. The van der Waals surface area contributed by atoms with Crippen molar-refractivity contribution in [1.29, 1.82) is 0 Å². The Morgan fingerprint density at radius 3 is 2.12 bits per heavy atom. The zero-order chi connectivity index (χ0) is 13.1. The third kappa shape index (κ3) is 4.02. The molecule has 0 aliphatic rings. The second kappa shape index (κ2) is 5.51. The van der Waals surface area contributed by atoms with Crippen LogP contribution in [0.4, 0.5) is 13.2 Å². The number of aliphatic hydroxyl groups is 1. The van der Waals surface area contributed by atoms with E-state index < -0.39 is 11.7 Å². The van der Waals surface area contributed by atoms with Crippen LogP contribution in [-0.4, -0.2) is 17.8 Å². The fourth-order valence-electron chi connectivity index (χ4n) is 1.54. The maximum Gasteiger partial charge on any atom is 0.416 e. The van der Waals surface area contributed by atoms with E-state index in [-0.39, 0.29) is 18.7 Å². The van der Waals surface area contributed by atoms with Gasteiger partial charge in [0.25, 0.3) is 0 Å². The van der Waals surface area contributed by atoms with E-state index in [1.807, 2.05) is 6.92 Å². The molecular weight excluding hydrogens is 231 g/mol. The molecule has 0 fully saturated rings. The summed E-state index contributed by atoms with van der Waals surface area (Å²) in [7, 11) is 0. The second-order valence-electron chi connectivity index (χ2n) is 4.09. The highest BCUT2D eigenvalue weighted by Gasteiger charge is 2.30. The van der Waals surface area contributed by atoms with Crippen molar-refractivity contribution in [3.05, 3.63) is 35.4 Å². The van der Waals surface area contributed by atoms with Crippen LogP contribution in [0.25, 0.3) is 0 Å². The molecule has 5 heteroatoms. The van der Waals surface area contributed by atoms with Gasteiger partial charge < -0.3 is 10.4 Å². The number of nitrogens with one attached hydrogen (secondary N) is 1. The first-order valence-corrected chi connectivity index (χ1v) is 5.38. The summed E-state index contributed by atoms with van der Waals surface area (Å²) in [5.41, 5.74) is 0.113. The van der Waals surface area contributed by atoms with E-state index in [4.69, 9.17) is 5.11 Å². The van der Waals surface area contributed by atoms with Gasteiger partial charge in [0.1, 0.15) is 0 Å². The maximum atomic E-state index is 12.3. The van der Waals surface area contributed by atoms with Gasteiger partial charge in [0.05, 0.1) is 12.2 Å². The molecule has 0 spiro atoms. The fraction of sp³-hybridized carbons (Fsp3) is 0.500. The molecule has 1 aromatic carbocycles. The topological polar surface area (TPSA) is 32.3 Å². The molecule has 0 saturated heterocycles. The van der Waals surface area contributed by atoms with Crippen molar-refractivity contribution in [2.24, 2.45) is 0 Å². The van der Waals surface area contributed by atoms with Gasteiger partial charge in [-0.05, 0) is 31.5 Å². The van der Waals surface area contributed by atoms with Gasteiger partial charge in [-0.3, -0.25) is 0 Å². The van der Waals surface area contributed by atoms with E-state index >= 15 is 0 Å². The Kier molecular flexibility index (Phi) is 4.54. The van der Waals surface area contributed by atoms with Crippen LogP contribution < -0.4 is 5.32 Å². The van der Waals surface area contributed by atoms with Gasteiger partial charge in [-0.1, -0.05) is 12.1 Å². The van der Waals surface area contributed by atoms with Crippen molar-refractivity contribution >= 4 is 0 Å². The Hall–Kier alpha value is -1.07. The Balaban J connectivity index is 2.74. The van der Waals surface area contributed by atoms with Gasteiger partial charge in [-0.2, -0.15) is 13.2 Å². The summed E-state index contributed by atoms with van der Waals surface area (Å²) in [5.74, 6) is 0. The zero-order valence-electron chi connectivity index (χ0n) is 9.75. The molecule has 0 aromatic heterocycles. The Labute approximate surface area is 98.5 Å². The molecule has 0 saturated carbocycles. The molecule has 1 unspecified atom stereocenters. The lowest BCUT2D eigenvalue weighted by atomic mass is 10.1. The van der Waals surface area contributed by atoms with Crippen LogP contribution in [0.15, 0.2) is 24.3 Å². The first-order valence-electron chi connectivity index (χ1n) is 5.38. The SMILES string of the molecule is CC(N[C@H](C)CO)c1ccc(C(F)(F)F)cc1. The third-order valence-electron chi connectivity index (χ3n) is 2.55. The summed E-state index contributed by atoms with van der Waals surface area (Å²) in [6, 6.07) is 4.84. The molecule has 1 aromatic rings. The van der Waals surface area contributed by atoms with Crippen LogP contribution in [0.3, 0.4) is 0 Å². The monoisotopic (exact) mass is 247 g/mol. The molecule has 17 heavy (non-hydrogen) atoms. The molecule has 0 radical (unpaired) electrons. The standard InChI is InChI=1S/C12H16F3NO/c1-8(7-17)16-9(2)10-3-5-11(6-4-10)12(13,14)15/h3-6,8-9,16-17H,7H2,1-2H3/t8-,9?/m1/s1. The van der Waals surface area contributed by atoms with Gasteiger partial charge in [-0.15, -0.1) is 0 Å². The second-order valence-corrected chi connectivity index (χ2v) is 4.09. The number of halogens is 3. The van der Waals surface area contributed by atoms with Crippen LogP contribution in [-0.2, 0) is 6.18 Å². The number of hydrogen-bond acceptors (Lipinski definition) is 2. The third-order valence-corrected chi connectivity index (χ3v) is 2.55. The number of aliphatic hydroxyl groups excluding tert-OH is 1. The average molecular weight is 247 g/mol. The van der Waals surface area contributed by atoms with Crippen molar-refractivity contribution in [1.82, 2.24) is 5.32 Å². The van der Waals surface area contributed by atoms with Gasteiger partial charge >= 0.3 is 6.18 Å². The number of hydrogen-bond donors (Lipinski definition) is 2. The lowest BCUT2D eigenvalue weighted by molar-refractivity contribution is -0.137. The Bertz CT molecular complexity index is 348. The van der Waals surface area contributed by atoms with Crippen LogP contribution in [0.5, 0.6) is 0 Å². The van der Waals surface area contributed by atoms with Crippen LogP contribution in [0.1, 0.15) is 31.0 Å².